The molecule has 2 aliphatic rings. The second-order valence-electron chi connectivity index (χ2n) is 9.25. The van der Waals surface area contributed by atoms with Gasteiger partial charge in [-0.15, -0.1) is 0 Å². The fraction of sp³-hybridized carbons (Fsp3) is 0.357. The Morgan fingerprint density at radius 3 is 2.52 bits per heavy atom. The van der Waals surface area contributed by atoms with Gasteiger partial charge in [-0.2, -0.15) is 8.42 Å². The third-order valence-corrected chi connectivity index (χ3v) is 8.44. The SMILES string of the molecule is COc1ccc2c(c1)CCCC1CCC2Cc2cccc(OS(=O)(=O)c3ccccc3)c2C1. The van der Waals surface area contributed by atoms with Crippen molar-refractivity contribution in [1.29, 1.82) is 0 Å². The van der Waals surface area contributed by atoms with Crippen LogP contribution in [0.25, 0.3) is 0 Å². The molecule has 2 aliphatic carbocycles. The van der Waals surface area contributed by atoms with Crippen LogP contribution in [-0.2, 0) is 29.4 Å². The van der Waals surface area contributed by atoms with Crippen molar-refractivity contribution in [3.63, 3.8) is 0 Å². The molecular formula is C28H30O4S. The number of fused-ring (bicyclic) bond motifs is 6. The van der Waals surface area contributed by atoms with Gasteiger partial charge in [-0.3, -0.25) is 0 Å². The van der Waals surface area contributed by atoms with Crippen molar-refractivity contribution in [1.82, 2.24) is 0 Å². The quantitative estimate of drug-likeness (QED) is 0.441. The van der Waals surface area contributed by atoms with Crippen molar-refractivity contribution in [3.8, 4) is 11.5 Å². The smallest absolute Gasteiger partial charge is 0.339 e. The topological polar surface area (TPSA) is 52.6 Å². The van der Waals surface area contributed by atoms with Gasteiger partial charge in [-0.05, 0) is 109 Å². The molecule has 4 nitrogen and oxygen atoms in total. The molecule has 5 heteroatoms. The van der Waals surface area contributed by atoms with E-state index < -0.39 is 10.1 Å². The first kappa shape index (κ1) is 22.0. The minimum absolute atomic E-state index is 0.184. The van der Waals surface area contributed by atoms with E-state index in [-0.39, 0.29) is 4.90 Å². The largest absolute Gasteiger partial charge is 0.497 e. The van der Waals surface area contributed by atoms with E-state index in [0.29, 0.717) is 17.6 Å². The summed E-state index contributed by atoms with van der Waals surface area (Å²) < 4.78 is 37.2. The molecule has 0 saturated carbocycles. The molecule has 5 rings (SSSR count). The monoisotopic (exact) mass is 462 g/mol. The lowest BCUT2D eigenvalue weighted by atomic mass is 9.78. The lowest BCUT2D eigenvalue weighted by molar-refractivity contribution is 0.391. The molecule has 33 heavy (non-hydrogen) atoms. The fourth-order valence-corrected chi connectivity index (χ4v) is 6.46. The van der Waals surface area contributed by atoms with E-state index in [2.05, 4.69) is 24.3 Å². The highest BCUT2D eigenvalue weighted by Crippen LogP contribution is 2.41. The average Bonchev–Trinajstić information content (AvgIpc) is 2.87. The number of aryl methyl sites for hydroxylation is 1. The molecule has 0 amide bonds. The highest BCUT2D eigenvalue weighted by atomic mass is 32.2. The minimum atomic E-state index is -3.87. The Labute approximate surface area is 196 Å². The van der Waals surface area contributed by atoms with Crippen molar-refractivity contribution >= 4 is 10.1 Å². The van der Waals surface area contributed by atoms with Crippen LogP contribution in [0.5, 0.6) is 11.5 Å². The van der Waals surface area contributed by atoms with Crippen LogP contribution in [0.1, 0.15) is 53.9 Å². The molecule has 0 saturated heterocycles. The van der Waals surface area contributed by atoms with Crippen LogP contribution >= 0.6 is 0 Å². The van der Waals surface area contributed by atoms with Crippen LogP contribution in [0.2, 0.25) is 0 Å². The van der Waals surface area contributed by atoms with Crippen LogP contribution < -0.4 is 8.92 Å². The molecule has 0 spiro atoms. The summed E-state index contributed by atoms with van der Waals surface area (Å²) in [6, 6.07) is 20.8. The number of methoxy groups -OCH3 is 1. The van der Waals surface area contributed by atoms with E-state index in [1.165, 1.54) is 16.7 Å². The molecule has 2 unspecified atom stereocenters. The minimum Gasteiger partial charge on any atom is -0.497 e. The summed E-state index contributed by atoms with van der Waals surface area (Å²) in [6.45, 7) is 0. The van der Waals surface area contributed by atoms with Crippen molar-refractivity contribution in [2.24, 2.45) is 5.92 Å². The van der Waals surface area contributed by atoms with Crippen LogP contribution in [0.4, 0.5) is 0 Å². The van der Waals surface area contributed by atoms with Crippen LogP contribution in [0, 0.1) is 5.92 Å². The highest BCUT2D eigenvalue weighted by Gasteiger charge is 2.28. The molecule has 0 aromatic heterocycles. The predicted octanol–water partition coefficient (Wildman–Crippen LogP) is 6.08. The Hall–Kier alpha value is -2.79. The van der Waals surface area contributed by atoms with Gasteiger partial charge in [-0.25, -0.2) is 0 Å². The molecule has 3 aromatic carbocycles. The van der Waals surface area contributed by atoms with Gasteiger partial charge in [0.15, 0.2) is 0 Å². The normalized spacial score (nSPS) is 20.3. The average molecular weight is 463 g/mol. The van der Waals surface area contributed by atoms with Gasteiger partial charge in [0.2, 0.25) is 0 Å². The van der Waals surface area contributed by atoms with Gasteiger partial charge >= 0.3 is 10.1 Å². The van der Waals surface area contributed by atoms with Crippen LogP contribution in [0.15, 0.2) is 71.6 Å². The van der Waals surface area contributed by atoms with Crippen molar-refractivity contribution < 1.29 is 17.3 Å². The number of hydrogen-bond acceptors (Lipinski definition) is 4. The molecule has 2 atom stereocenters. The van der Waals surface area contributed by atoms with Gasteiger partial charge < -0.3 is 8.92 Å². The third kappa shape index (κ3) is 4.65. The molecule has 0 radical (unpaired) electrons. The van der Waals surface area contributed by atoms with Gasteiger partial charge in [-0.1, -0.05) is 36.4 Å². The van der Waals surface area contributed by atoms with Gasteiger partial charge in [0, 0.05) is 0 Å². The van der Waals surface area contributed by atoms with E-state index in [0.717, 1.165) is 56.3 Å². The molecule has 0 N–H and O–H groups in total. The van der Waals surface area contributed by atoms with Crippen molar-refractivity contribution in [3.05, 3.63) is 89.0 Å². The Balaban J connectivity index is 1.54. The molecule has 0 heterocycles. The summed E-state index contributed by atoms with van der Waals surface area (Å²) in [4.78, 5) is 0.184. The zero-order valence-corrected chi connectivity index (χ0v) is 19.8. The number of rotatable bonds is 4. The molecule has 0 aliphatic heterocycles. The molecular weight excluding hydrogens is 432 g/mol. The maximum Gasteiger partial charge on any atom is 0.339 e. The van der Waals surface area contributed by atoms with Gasteiger partial charge in [0.1, 0.15) is 16.4 Å². The molecule has 172 valence electrons. The summed E-state index contributed by atoms with van der Waals surface area (Å²) in [6.07, 6.45) is 7.36. The second kappa shape index (κ2) is 9.22. The number of ether oxygens (including phenoxy) is 1. The summed E-state index contributed by atoms with van der Waals surface area (Å²) in [5.74, 6) is 2.33. The van der Waals surface area contributed by atoms with E-state index >= 15 is 0 Å². The lowest BCUT2D eigenvalue weighted by Crippen LogP contribution is -2.17. The first-order valence-electron chi connectivity index (χ1n) is 11.8. The Bertz CT molecular complexity index is 1230. The van der Waals surface area contributed by atoms with Crippen LogP contribution in [-0.4, -0.2) is 15.5 Å². The first-order valence-corrected chi connectivity index (χ1v) is 13.2. The van der Waals surface area contributed by atoms with E-state index in [9.17, 15) is 8.42 Å². The summed E-state index contributed by atoms with van der Waals surface area (Å²) in [5.41, 5.74) is 5.06. The fourth-order valence-electron chi connectivity index (χ4n) is 5.48. The summed E-state index contributed by atoms with van der Waals surface area (Å²) in [7, 11) is -2.15. The zero-order valence-electron chi connectivity index (χ0n) is 19.0. The van der Waals surface area contributed by atoms with E-state index in [1.807, 2.05) is 12.1 Å². The maximum absolute atomic E-state index is 13.0. The van der Waals surface area contributed by atoms with E-state index in [1.54, 1.807) is 37.4 Å². The zero-order chi connectivity index (χ0) is 22.8. The molecule has 0 fully saturated rings. The van der Waals surface area contributed by atoms with Crippen LogP contribution in [0.3, 0.4) is 0 Å². The summed E-state index contributed by atoms with van der Waals surface area (Å²) in [5, 5.41) is 0. The Morgan fingerprint density at radius 2 is 1.70 bits per heavy atom. The number of benzene rings is 3. The predicted molar refractivity (Wildman–Crippen MR) is 130 cm³/mol. The van der Waals surface area contributed by atoms with Crippen molar-refractivity contribution in [2.45, 2.75) is 55.8 Å². The van der Waals surface area contributed by atoms with Gasteiger partial charge in [0.05, 0.1) is 7.11 Å². The third-order valence-electron chi connectivity index (χ3n) is 7.19. The maximum atomic E-state index is 13.0. The van der Waals surface area contributed by atoms with Crippen molar-refractivity contribution in [2.75, 3.05) is 7.11 Å². The summed E-state index contributed by atoms with van der Waals surface area (Å²) >= 11 is 0. The molecule has 3 aromatic rings. The standard InChI is InChI=1S/C28H30O4S/c1-31-24-15-16-26-22(19-24)8-5-7-20-13-14-23(26)18-21-9-6-12-28(27(21)17-20)32-33(29,30)25-10-3-2-4-11-25/h2-4,6,9-12,15-16,19-20,23H,5,7-8,13-14,17-18H2,1H3. The Morgan fingerprint density at radius 1 is 0.848 bits per heavy atom. The lowest BCUT2D eigenvalue weighted by Gasteiger charge is -2.28. The van der Waals surface area contributed by atoms with E-state index in [4.69, 9.17) is 8.92 Å². The second-order valence-corrected chi connectivity index (χ2v) is 10.8. The Kier molecular flexibility index (Phi) is 6.15. The number of hydrogen-bond donors (Lipinski definition) is 0. The van der Waals surface area contributed by atoms with Gasteiger partial charge in [0.25, 0.3) is 0 Å². The highest BCUT2D eigenvalue weighted by molar-refractivity contribution is 7.87. The molecule has 2 bridgehead atoms. The first-order chi connectivity index (χ1) is 16.0.